The lowest BCUT2D eigenvalue weighted by Crippen LogP contribution is -2.10. The highest BCUT2D eigenvalue weighted by atomic mass is 35.5. The Balaban J connectivity index is 1.91. The Hall–Kier alpha value is -1.48. The van der Waals surface area contributed by atoms with Crippen LogP contribution in [-0.4, -0.2) is 5.16 Å². The van der Waals surface area contributed by atoms with E-state index in [1.54, 1.807) is 0 Å². The zero-order valence-corrected chi connectivity index (χ0v) is 12.2. The number of aromatic nitrogens is 1. The summed E-state index contributed by atoms with van der Waals surface area (Å²) in [4.78, 5) is 0. The number of nitrogens with two attached hydrogens (primary N) is 1. The number of rotatable bonds is 3. The Kier molecular flexibility index (Phi) is 3.97. The van der Waals surface area contributed by atoms with E-state index in [-0.39, 0.29) is 0 Å². The number of anilines is 1. The summed E-state index contributed by atoms with van der Waals surface area (Å²) >= 11 is 6.28. The predicted octanol–water partition coefficient (Wildman–Crippen LogP) is 4.70. The van der Waals surface area contributed by atoms with E-state index in [9.17, 15) is 0 Å². The molecule has 1 aliphatic carbocycles. The average Bonchev–Trinajstić information content (AvgIpc) is 2.82. The minimum absolute atomic E-state index is 0.365. The minimum Gasteiger partial charge on any atom is -0.367 e. The Morgan fingerprint density at radius 1 is 1.20 bits per heavy atom. The molecule has 1 aromatic heterocycles. The van der Waals surface area contributed by atoms with Crippen molar-refractivity contribution in [1.29, 1.82) is 0 Å². The van der Waals surface area contributed by atoms with Gasteiger partial charge in [-0.25, -0.2) is 0 Å². The van der Waals surface area contributed by atoms with E-state index in [1.165, 1.54) is 32.1 Å². The molecule has 1 fully saturated rings. The summed E-state index contributed by atoms with van der Waals surface area (Å²) < 4.78 is 5.22. The average molecular weight is 291 g/mol. The summed E-state index contributed by atoms with van der Waals surface area (Å²) in [6.07, 6.45) is 7.47. The third-order valence-electron chi connectivity index (χ3n) is 4.14. The third kappa shape index (κ3) is 2.68. The first-order chi connectivity index (χ1) is 9.75. The first kappa shape index (κ1) is 13.5. The molecule has 106 valence electrons. The van der Waals surface area contributed by atoms with E-state index in [0.29, 0.717) is 16.8 Å². The van der Waals surface area contributed by atoms with Gasteiger partial charge in [0, 0.05) is 10.6 Å². The maximum absolute atomic E-state index is 6.28. The Morgan fingerprint density at radius 3 is 2.70 bits per heavy atom. The summed E-state index contributed by atoms with van der Waals surface area (Å²) in [7, 11) is 0. The second kappa shape index (κ2) is 5.88. The van der Waals surface area contributed by atoms with Crippen molar-refractivity contribution >= 4 is 17.5 Å². The smallest absolute Gasteiger partial charge is 0.230 e. The first-order valence-electron chi connectivity index (χ1n) is 7.24. The highest BCUT2D eigenvalue weighted by Crippen LogP contribution is 2.37. The molecule has 0 aliphatic heterocycles. The lowest BCUT2D eigenvalue weighted by atomic mass is 9.85. The fourth-order valence-electron chi connectivity index (χ4n) is 3.09. The van der Waals surface area contributed by atoms with Gasteiger partial charge in [0.1, 0.15) is 0 Å². The van der Waals surface area contributed by atoms with Crippen LogP contribution in [-0.2, 0) is 6.42 Å². The summed E-state index contributed by atoms with van der Waals surface area (Å²) in [5.74, 6) is 1.05. The van der Waals surface area contributed by atoms with Gasteiger partial charge < -0.3 is 10.3 Å². The van der Waals surface area contributed by atoms with Gasteiger partial charge >= 0.3 is 0 Å². The molecular formula is C16H19ClN2O. The van der Waals surface area contributed by atoms with Crippen LogP contribution in [0.2, 0.25) is 5.02 Å². The Morgan fingerprint density at radius 2 is 1.95 bits per heavy atom. The molecule has 1 saturated carbocycles. The van der Waals surface area contributed by atoms with Gasteiger partial charge in [-0.15, -0.1) is 0 Å². The van der Waals surface area contributed by atoms with Crippen molar-refractivity contribution in [3.05, 3.63) is 35.0 Å². The molecule has 0 amide bonds. The van der Waals surface area contributed by atoms with Crippen LogP contribution < -0.4 is 5.73 Å². The lowest BCUT2D eigenvalue weighted by molar-refractivity contribution is 0.345. The van der Waals surface area contributed by atoms with Crippen molar-refractivity contribution in [1.82, 2.24) is 5.16 Å². The minimum atomic E-state index is 0.365. The molecule has 1 heterocycles. The normalized spacial score (nSPS) is 16.4. The molecule has 3 rings (SSSR count). The van der Waals surface area contributed by atoms with Gasteiger partial charge in [-0.2, -0.15) is 0 Å². The second-order valence-electron chi connectivity index (χ2n) is 5.56. The van der Waals surface area contributed by atoms with E-state index < -0.39 is 0 Å². The number of benzene rings is 1. The zero-order valence-electron chi connectivity index (χ0n) is 11.4. The highest BCUT2D eigenvalue weighted by Gasteiger charge is 2.22. The molecular weight excluding hydrogens is 272 g/mol. The van der Waals surface area contributed by atoms with Gasteiger partial charge in [-0.1, -0.05) is 67.1 Å². The number of hydrogen-bond donors (Lipinski definition) is 1. The van der Waals surface area contributed by atoms with Crippen LogP contribution in [0.5, 0.6) is 0 Å². The predicted molar refractivity (Wildman–Crippen MR) is 81.6 cm³/mol. The van der Waals surface area contributed by atoms with Crippen molar-refractivity contribution in [3.8, 4) is 11.1 Å². The maximum atomic E-state index is 6.28. The fourth-order valence-corrected chi connectivity index (χ4v) is 3.32. The molecule has 0 unspecified atom stereocenters. The molecule has 1 aromatic carbocycles. The first-order valence-corrected chi connectivity index (χ1v) is 7.62. The van der Waals surface area contributed by atoms with Crippen LogP contribution in [0.1, 0.15) is 37.8 Å². The largest absolute Gasteiger partial charge is 0.367 e. The van der Waals surface area contributed by atoms with E-state index >= 15 is 0 Å². The molecule has 2 aromatic rings. The monoisotopic (exact) mass is 290 g/mol. The van der Waals surface area contributed by atoms with Crippen molar-refractivity contribution in [2.75, 3.05) is 5.73 Å². The van der Waals surface area contributed by atoms with Crippen LogP contribution in [0.15, 0.2) is 28.8 Å². The summed E-state index contributed by atoms with van der Waals surface area (Å²) in [5, 5.41) is 4.86. The van der Waals surface area contributed by atoms with E-state index in [1.807, 2.05) is 24.3 Å². The quantitative estimate of drug-likeness (QED) is 0.891. The molecule has 1 aliphatic rings. The molecule has 4 heteroatoms. The van der Waals surface area contributed by atoms with E-state index in [4.69, 9.17) is 21.9 Å². The van der Waals surface area contributed by atoms with Crippen LogP contribution in [0.25, 0.3) is 11.1 Å². The van der Waals surface area contributed by atoms with Crippen LogP contribution in [0.4, 0.5) is 5.88 Å². The molecule has 0 bridgehead atoms. The van der Waals surface area contributed by atoms with Crippen molar-refractivity contribution in [2.24, 2.45) is 5.92 Å². The standard InChI is InChI=1S/C16H19ClN2O/c17-13-9-5-4-8-12(13)15-14(19-20-16(15)18)10-11-6-2-1-3-7-11/h4-5,8-9,11H,1-3,6-7,10,18H2. The Labute approximate surface area is 124 Å². The number of nitrogens with zero attached hydrogens (tertiary/aromatic N) is 1. The van der Waals surface area contributed by atoms with Gasteiger partial charge in [0.2, 0.25) is 5.88 Å². The van der Waals surface area contributed by atoms with Crippen LogP contribution >= 0.6 is 11.6 Å². The van der Waals surface area contributed by atoms with Crippen molar-refractivity contribution < 1.29 is 4.52 Å². The third-order valence-corrected chi connectivity index (χ3v) is 4.47. The molecule has 2 N–H and O–H groups in total. The lowest BCUT2D eigenvalue weighted by Gasteiger charge is -2.20. The number of hydrogen-bond acceptors (Lipinski definition) is 3. The van der Waals surface area contributed by atoms with Crippen molar-refractivity contribution in [2.45, 2.75) is 38.5 Å². The molecule has 20 heavy (non-hydrogen) atoms. The molecule has 0 saturated heterocycles. The molecule has 3 nitrogen and oxygen atoms in total. The van der Waals surface area contributed by atoms with Gasteiger partial charge in [0.05, 0.1) is 11.3 Å². The Bertz CT molecular complexity index is 588. The molecule has 0 spiro atoms. The van der Waals surface area contributed by atoms with E-state index in [2.05, 4.69) is 5.16 Å². The van der Waals surface area contributed by atoms with Gasteiger partial charge in [0.15, 0.2) is 0 Å². The molecule has 0 radical (unpaired) electrons. The van der Waals surface area contributed by atoms with Crippen LogP contribution in [0.3, 0.4) is 0 Å². The topological polar surface area (TPSA) is 52.0 Å². The fraction of sp³-hybridized carbons (Fsp3) is 0.438. The zero-order chi connectivity index (χ0) is 13.9. The maximum Gasteiger partial charge on any atom is 0.230 e. The number of halogens is 1. The van der Waals surface area contributed by atoms with Crippen molar-refractivity contribution in [3.63, 3.8) is 0 Å². The molecule has 0 atom stereocenters. The van der Waals surface area contributed by atoms with Gasteiger partial charge in [-0.05, 0) is 18.4 Å². The van der Waals surface area contributed by atoms with Crippen LogP contribution in [0, 0.1) is 5.92 Å². The summed E-state index contributed by atoms with van der Waals surface area (Å²) in [6.45, 7) is 0. The van der Waals surface area contributed by atoms with Gasteiger partial charge in [0.25, 0.3) is 0 Å². The second-order valence-corrected chi connectivity index (χ2v) is 5.96. The highest BCUT2D eigenvalue weighted by molar-refractivity contribution is 6.33. The summed E-state index contributed by atoms with van der Waals surface area (Å²) in [5.41, 5.74) is 8.70. The number of nitrogen functional groups attached to an aromatic ring is 1. The van der Waals surface area contributed by atoms with Gasteiger partial charge in [-0.3, -0.25) is 0 Å². The summed E-state index contributed by atoms with van der Waals surface area (Å²) in [6, 6.07) is 7.71. The SMILES string of the molecule is Nc1onc(CC2CCCCC2)c1-c1ccccc1Cl. The van der Waals surface area contributed by atoms with E-state index in [0.717, 1.165) is 23.2 Å².